The molecule has 1 aromatic rings. The van der Waals surface area contributed by atoms with Crippen LogP contribution in [0.4, 0.5) is 13.2 Å². The second kappa shape index (κ2) is 7.14. The first-order chi connectivity index (χ1) is 9.31. The first-order valence-electron chi connectivity index (χ1n) is 6.04. The first-order valence-corrected chi connectivity index (χ1v) is 6.04. The Kier molecular flexibility index (Phi) is 5.82. The molecule has 1 rings (SSSR count). The van der Waals surface area contributed by atoms with Crippen molar-refractivity contribution in [1.29, 1.82) is 0 Å². The van der Waals surface area contributed by atoms with Gasteiger partial charge in [0, 0.05) is 20.1 Å². The van der Waals surface area contributed by atoms with E-state index in [1.54, 1.807) is 24.3 Å². The van der Waals surface area contributed by atoms with Crippen molar-refractivity contribution in [3.63, 3.8) is 0 Å². The number of carbonyl (C=O) groups excluding carboxylic acids is 1. The lowest BCUT2D eigenvalue weighted by Crippen LogP contribution is -2.34. The van der Waals surface area contributed by atoms with Crippen molar-refractivity contribution in [2.45, 2.75) is 19.1 Å². The molecule has 112 valence electrons. The van der Waals surface area contributed by atoms with Crippen LogP contribution in [0.2, 0.25) is 0 Å². The number of nitrogens with two attached hydrogens (primary N) is 1. The van der Waals surface area contributed by atoms with Crippen LogP contribution in [0.1, 0.15) is 12.0 Å². The van der Waals surface area contributed by atoms with E-state index < -0.39 is 18.5 Å². The van der Waals surface area contributed by atoms with E-state index in [4.69, 9.17) is 10.5 Å². The molecular formula is C13H17F3N2O2. The van der Waals surface area contributed by atoms with Gasteiger partial charge in [-0.3, -0.25) is 4.79 Å². The molecule has 0 saturated heterocycles. The van der Waals surface area contributed by atoms with Crippen LogP contribution in [-0.4, -0.2) is 37.2 Å². The quantitative estimate of drug-likeness (QED) is 0.871. The fraction of sp³-hybridized carbons (Fsp3) is 0.462. The van der Waals surface area contributed by atoms with Gasteiger partial charge in [-0.25, -0.2) is 0 Å². The van der Waals surface area contributed by atoms with Gasteiger partial charge in [0.2, 0.25) is 0 Å². The molecule has 0 radical (unpaired) electrons. The van der Waals surface area contributed by atoms with Crippen LogP contribution in [-0.2, 0) is 11.3 Å². The highest BCUT2D eigenvalue weighted by Crippen LogP contribution is 2.19. The molecule has 0 bridgehead atoms. The Morgan fingerprint density at radius 1 is 1.30 bits per heavy atom. The van der Waals surface area contributed by atoms with Gasteiger partial charge in [-0.1, -0.05) is 12.1 Å². The van der Waals surface area contributed by atoms with Crippen molar-refractivity contribution >= 4 is 5.91 Å². The average molecular weight is 290 g/mol. The Morgan fingerprint density at radius 2 is 1.90 bits per heavy atom. The van der Waals surface area contributed by atoms with Crippen molar-refractivity contribution in [3.8, 4) is 5.75 Å². The van der Waals surface area contributed by atoms with Crippen molar-refractivity contribution in [3.05, 3.63) is 29.8 Å². The minimum absolute atomic E-state index is 0.295. The van der Waals surface area contributed by atoms with Crippen LogP contribution in [0.15, 0.2) is 24.3 Å². The zero-order valence-corrected chi connectivity index (χ0v) is 11.1. The number of hydrogen-bond acceptors (Lipinski definition) is 3. The van der Waals surface area contributed by atoms with Gasteiger partial charge in [0.05, 0.1) is 6.42 Å². The summed E-state index contributed by atoms with van der Waals surface area (Å²) in [5, 5.41) is 0. The number of ether oxygens (including phenoxy) is 1. The zero-order valence-electron chi connectivity index (χ0n) is 11.1. The Labute approximate surface area is 115 Å². The van der Waals surface area contributed by atoms with E-state index in [-0.39, 0.29) is 13.2 Å². The average Bonchev–Trinajstić information content (AvgIpc) is 2.41. The largest absolute Gasteiger partial charge is 0.484 e. The lowest BCUT2D eigenvalue weighted by atomic mass is 10.2. The molecule has 4 nitrogen and oxygen atoms in total. The van der Waals surface area contributed by atoms with Gasteiger partial charge in [0.15, 0.2) is 6.61 Å². The van der Waals surface area contributed by atoms with Crippen LogP contribution >= 0.6 is 0 Å². The summed E-state index contributed by atoms with van der Waals surface area (Å²) in [7, 11) is 1.31. The lowest BCUT2D eigenvalue weighted by Gasteiger charge is -2.18. The van der Waals surface area contributed by atoms with Gasteiger partial charge in [-0.15, -0.1) is 0 Å². The first kappa shape index (κ1) is 16.3. The SMILES string of the molecule is CN(CCC(F)(F)F)C(=O)COc1ccc(CN)cc1. The standard InChI is InChI=1S/C13H17F3N2O2/c1-18(7-6-13(14,15)16)12(19)9-20-11-4-2-10(8-17)3-5-11/h2-5H,6-9,17H2,1H3. The van der Waals surface area contributed by atoms with E-state index in [0.29, 0.717) is 12.3 Å². The summed E-state index contributed by atoms with van der Waals surface area (Å²) in [6.07, 6.45) is -5.30. The highest BCUT2D eigenvalue weighted by molar-refractivity contribution is 5.77. The summed E-state index contributed by atoms with van der Waals surface area (Å²) in [6, 6.07) is 6.83. The minimum Gasteiger partial charge on any atom is -0.484 e. The predicted octanol–water partition coefficient (Wildman–Crippen LogP) is 1.93. The van der Waals surface area contributed by atoms with E-state index >= 15 is 0 Å². The molecule has 0 aliphatic rings. The van der Waals surface area contributed by atoms with Crippen LogP contribution in [0, 0.1) is 0 Å². The summed E-state index contributed by atoms with van der Waals surface area (Å²) < 4.78 is 41.3. The number of likely N-dealkylation sites (N-methyl/N-ethyl adjacent to an activating group) is 1. The summed E-state index contributed by atoms with van der Waals surface area (Å²) in [6.45, 7) is -0.270. The molecule has 0 fully saturated rings. The highest BCUT2D eigenvalue weighted by atomic mass is 19.4. The van der Waals surface area contributed by atoms with E-state index in [2.05, 4.69) is 0 Å². The molecule has 0 aromatic heterocycles. The highest BCUT2D eigenvalue weighted by Gasteiger charge is 2.28. The fourth-order valence-corrected chi connectivity index (χ4v) is 1.40. The van der Waals surface area contributed by atoms with E-state index in [1.807, 2.05) is 0 Å². The summed E-state index contributed by atoms with van der Waals surface area (Å²) in [5.74, 6) is -0.0306. The lowest BCUT2D eigenvalue weighted by molar-refractivity contribution is -0.145. The zero-order chi connectivity index (χ0) is 15.2. The molecule has 0 saturated carbocycles. The smallest absolute Gasteiger partial charge is 0.390 e. The third-order valence-corrected chi connectivity index (χ3v) is 2.68. The third kappa shape index (κ3) is 5.92. The molecular weight excluding hydrogens is 273 g/mol. The Hall–Kier alpha value is -1.76. The second-order valence-corrected chi connectivity index (χ2v) is 4.32. The van der Waals surface area contributed by atoms with E-state index in [1.165, 1.54) is 7.05 Å². The number of alkyl halides is 3. The van der Waals surface area contributed by atoms with E-state index in [0.717, 1.165) is 10.5 Å². The minimum atomic E-state index is -4.27. The maximum atomic E-state index is 12.0. The van der Waals surface area contributed by atoms with Crippen molar-refractivity contribution in [2.24, 2.45) is 5.73 Å². The fourth-order valence-electron chi connectivity index (χ4n) is 1.40. The monoisotopic (exact) mass is 290 g/mol. The Morgan fingerprint density at radius 3 is 2.40 bits per heavy atom. The van der Waals surface area contributed by atoms with Gasteiger partial charge in [-0.05, 0) is 17.7 Å². The second-order valence-electron chi connectivity index (χ2n) is 4.32. The van der Waals surface area contributed by atoms with Crippen LogP contribution in [0.3, 0.4) is 0 Å². The number of amides is 1. The topological polar surface area (TPSA) is 55.6 Å². The number of carbonyl (C=O) groups is 1. The molecule has 0 aliphatic heterocycles. The van der Waals surface area contributed by atoms with Gasteiger partial charge >= 0.3 is 6.18 Å². The molecule has 1 aromatic carbocycles. The van der Waals surface area contributed by atoms with Gasteiger partial charge < -0.3 is 15.4 Å². The molecule has 0 aliphatic carbocycles. The molecule has 2 N–H and O–H groups in total. The van der Waals surface area contributed by atoms with Crippen LogP contribution in [0.5, 0.6) is 5.75 Å². The third-order valence-electron chi connectivity index (χ3n) is 2.68. The summed E-state index contributed by atoms with van der Waals surface area (Å²) in [4.78, 5) is 12.6. The number of benzene rings is 1. The number of rotatable bonds is 6. The number of halogens is 3. The van der Waals surface area contributed by atoms with Crippen molar-refractivity contribution in [1.82, 2.24) is 4.90 Å². The maximum absolute atomic E-state index is 12.0. The normalized spacial score (nSPS) is 11.2. The Bertz CT molecular complexity index is 432. The van der Waals surface area contributed by atoms with Crippen LogP contribution in [0.25, 0.3) is 0 Å². The Balaban J connectivity index is 2.38. The summed E-state index contributed by atoms with van der Waals surface area (Å²) in [5.41, 5.74) is 6.36. The molecule has 0 spiro atoms. The molecule has 0 unspecified atom stereocenters. The molecule has 0 heterocycles. The predicted molar refractivity (Wildman–Crippen MR) is 68.1 cm³/mol. The van der Waals surface area contributed by atoms with E-state index in [9.17, 15) is 18.0 Å². The number of nitrogens with zero attached hydrogens (tertiary/aromatic N) is 1. The summed E-state index contributed by atoms with van der Waals surface area (Å²) >= 11 is 0. The number of hydrogen-bond donors (Lipinski definition) is 1. The van der Waals surface area contributed by atoms with Gasteiger partial charge in [-0.2, -0.15) is 13.2 Å². The van der Waals surface area contributed by atoms with Gasteiger partial charge in [0.25, 0.3) is 5.91 Å². The molecule has 0 atom stereocenters. The molecule has 20 heavy (non-hydrogen) atoms. The van der Waals surface area contributed by atoms with Gasteiger partial charge in [0.1, 0.15) is 5.75 Å². The molecule has 1 amide bonds. The van der Waals surface area contributed by atoms with Crippen molar-refractivity contribution in [2.75, 3.05) is 20.2 Å². The van der Waals surface area contributed by atoms with Crippen LogP contribution < -0.4 is 10.5 Å². The van der Waals surface area contributed by atoms with Crippen molar-refractivity contribution < 1.29 is 22.7 Å². The molecule has 7 heteroatoms. The maximum Gasteiger partial charge on any atom is 0.390 e.